The third kappa shape index (κ3) is 2.28. The van der Waals surface area contributed by atoms with Gasteiger partial charge < -0.3 is 4.74 Å². The summed E-state index contributed by atoms with van der Waals surface area (Å²) in [5.74, 6) is -0.0239. The van der Waals surface area contributed by atoms with Crippen molar-refractivity contribution in [3.63, 3.8) is 0 Å². The van der Waals surface area contributed by atoms with E-state index in [0.717, 1.165) is 5.69 Å². The van der Waals surface area contributed by atoms with E-state index in [9.17, 15) is 4.79 Å². The molecular weight excluding hydrogens is 218 g/mol. The highest BCUT2D eigenvalue weighted by Crippen LogP contribution is 2.18. The molecule has 0 fully saturated rings. The van der Waals surface area contributed by atoms with Gasteiger partial charge in [0, 0.05) is 18.1 Å². The highest BCUT2D eigenvalue weighted by molar-refractivity contribution is 5.94. The Kier molecular flexibility index (Phi) is 3.09. The molecule has 2 heterocycles. The highest BCUT2D eigenvalue weighted by Gasteiger charge is 2.16. The van der Waals surface area contributed by atoms with Crippen molar-refractivity contribution in [1.29, 1.82) is 0 Å². The summed E-state index contributed by atoms with van der Waals surface area (Å²) in [4.78, 5) is 23.9. The Balaban J connectivity index is 2.55. The standard InChI is InChI=1S/C12H11N3O2/c1-8-5-7-14-11(15-8)9-4-3-6-13-10(9)12(16)17-2/h3-7H,1-2H3. The van der Waals surface area contributed by atoms with Gasteiger partial charge in [0.1, 0.15) is 0 Å². The molecule has 5 heteroatoms. The predicted molar refractivity (Wildman–Crippen MR) is 61.3 cm³/mol. The fraction of sp³-hybridized carbons (Fsp3) is 0.167. The third-order valence-corrected chi connectivity index (χ3v) is 2.22. The Morgan fingerprint density at radius 1 is 1.24 bits per heavy atom. The number of hydrogen-bond acceptors (Lipinski definition) is 5. The smallest absolute Gasteiger partial charge is 0.357 e. The van der Waals surface area contributed by atoms with E-state index in [1.54, 1.807) is 24.4 Å². The summed E-state index contributed by atoms with van der Waals surface area (Å²) in [6.45, 7) is 1.86. The van der Waals surface area contributed by atoms with Crippen LogP contribution < -0.4 is 0 Å². The zero-order chi connectivity index (χ0) is 12.3. The molecule has 0 bridgehead atoms. The van der Waals surface area contributed by atoms with Crippen molar-refractivity contribution in [1.82, 2.24) is 15.0 Å². The molecule has 0 amide bonds. The first kappa shape index (κ1) is 11.2. The molecule has 2 aromatic heterocycles. The van der Waals surface area contributed by atoms with E-state index in [1.165, 1.54) is 13.3 Å². The first-order valence-corrected chi connectivity index (χ1v) is 5.05. The minimum Gasteiger partial charge on any atom is -0.464 e. The van der Waals surface area contributed by atoms with E-state index in [2.05, 4.69) is 19.7 Å². The third-order valence-electron chi connectivity index (χ3n) is 2.22. The summed E-state index contributed by atoms with van der Waals surface area (Å²) in [6.07, 6.45) is 3.18. The number of ether oxygens (including phenoxy) is 1. The van der Waals surface area contributed by atoms with Crippen LogP contribution in [0.3, 0.4) is 0 Å². The first-order chi connectivity index (χ1) is 8.22. The van der Waals surface area contributed by atoms with Gasteiger partial charge in [-0.25, -0.2) is 19.7 Å². The number of carbonyl (C=O) groups excluding carboxylic acids is 1. The average molecular weight is 229 g/mol. The number of nitrogens with zero attached hydrogens (tertiary/aromatic N) is 3. The summed E-state index contributed by atoms with van der Waals surface area (Å²) >= 11 is 0. The number of aromatic nitrogens is 3. The van der Waals surface area contributed by atoms with Crippen molar-refractivity contribution in [2.45, 2.75) is 6.92 Å². The van der Waals surface area contributed by atoms with Crippen LogP contribution in [0.1, 0.15) is 16.2 Å². The predicted octanol–water partition coefficient (Wildman–Crippen LogP) is 1.63. The molecule has 0 atom stereocenters. The van der Waals surface area contributed by atoms with Gasteiger partial charge in [0.15, 0.2) is 11.5 Å². The van der Waals surface area contributed by atoms with Crippen molar-refractivity contribution < 1.29 is 9.53 Å². The van der Waals surface area contributed by atoms with E-state index in [-0.39, 0.29) is 5.69 Å². The largest absolute Gasteiger partial charge is 0.464 e. The lowest BCUT2D eigenvalue weighted by Crippen LogP contribution is -2.07. The Hall–Kier alpha value is -2.30. The van der Waals surface area contributed by atoms with Gasteiger partial charge in [0.25, 0.3) is 0 Å². The van der Waals surface area contributed by atoms with Gasteiger partial charge in [-0.2, -0.15) is 0 Å². The van der Waals surface area contributed by atoms with Gasteiger partial charge in [-0.1, -0.05) is 0 Å². The molecule has 0 saturated carbocycles. The molecule has 0 aliphatic carbocycles. The molecule has 2 rings (SSSR count). The van der Waals surface area contributed by atoms with Gasteiger partial charge in [0.05, 0.1) is 12.7 Å². The van der Waals surface area contributed by atoms with Gasteiger partial charge in [-0.15, -0.1) is 0 Å². The number of hydrogen-bond donors (Lipinski definition) is 0. The van der Waals surface area contributed by atoms with E-state index in [0.29, 0.717) is 11.4 Å². The Morgan fingerprint density at radius 2 is 2.06 bits per heavy atom. The summed E-state index contributed by atoms with van der Waals surface area (Å²) in [6, 6.07) is 5.26. The second-order valence-corrected chi connectivity index (χ2v) is 3.41. The molecule has 0 aromatic carbocycles. The minimum absolute atomic E-state index is 0.223. The van der Waals surface area contributed by atoms with Gasteiger partial charge in [-0.05, 0) is 25.1 Å². The summed E-state index contributed by atoms with van der Waals surface area (Å²) < 4.78 is 4.67. The van der Waals surface area contributed by atoms with Crippen molar-refractivity contribution in [2.75, 3.05) is 7.11 Å². The number of pyridine rings is 1. The van der Waals surface area contributed by atoms with Crippen LogP contribution in [-0.2, 0) is 4.74 Å². The van der Waals surface area contributed by atoms with Crippen LogP contribution in [0.25, 0.3) is 11.4 Å². The van der Waals surface area contributed by atoms with Gasteiger partial charge >= 0.3 is 5.97 Å². The monoisotopic (exact) mass is 229 g/mol. The minimum atomic E-state index is -0.495. The van der Waals surface area contributed by atoms with Crippen molar-refractivity contribution >= 4 is 5.97 Å². The Labute approximate surface area is 98.5 Å². The molecule has 2 aromatic rings. The van der Waals surface area contributed by atoms with Crippen LogP contribution in [0.4, 0.5) is 0 Å². The maximum atomic E-state index is 11.6. The fourth-order valence-corrected chi connectivity index (χ4v) is 1.42. The molecule has 5 nitrogen and oxygen atoms in total. The molecule has 0 spiro atoms. The average Bonchev–Trinajstić information content (AvgIpc) is 2.38. The van der Waals surface area contributed by atoms with E-state index in [1.807, 2.05) is 6.92 Å². The lowest BCUT2D eigenvalue weighted by molar-refractivity contribution is 0.0595. The van der Waals surface area contributed by atoms with E-state index < -0.39 is 5.97 Å². The molecule has 0 unspecified atom stereocenters. The second-order valence-electron chi connectivity index (χ2n) is 3.41. The zero-order valence-corrected chi connectivity index (χ0v) is 9.54. The SMILES string of the molecule is COC(=O)c1ncccc1-c1nccc(C)n1. The molecule has 86 valence electrons. The lowest BCUT2D eigenvalue weighted by atomic mass is 10.2. The van der Waals surface area contributed by atoms with Crippen molar-refractivity contribution in [3.05, 3.63) is 42.0 Å². The highest BCUT2D eigenvalue weighted by atomic mass is 16.5. The second kappa shape index (κ2) is 4.69. The summed E-state index contributed by atoms with van der Waals surface area (Å²) in [5.41, 5.74) is 1.62. The number of rotatable bonds is 2. The summed E-state index contributed by atoms with van der Waals surface area (Å²) in [7, 11) is 1.32. The molecule has 0 N–H and O–H groups in total. The van der Waals surface area contributed by atoms with Crippen LogP contribution >= 0.6 is 0 Å². The van der Waals surface area contributed by atoms with Crippen molar-refractivity contribution in [3.8, 4) is 11.4 Å². The topological polar surface area (TPSA) is 65.0 Å². The van der Waals surface area contributed by atoms with Crippen LogP contribution in [-0.4, -0.2) is 28.0 Å². The zero-order valence-electron chi connectivity index (χ0n) is 9.54. The first-order valence-electron chi connectivity index (χ1n) is 5.05. The van der Waals surface area contributed by atoms with Crippen LogP contribution in [0.2, 0.25) is 0 Å². The van der Waals surface area contributed by atoms with Crippen molar-refractivity contribution in [2.24, 2.45) is 0 Å². The Bertz CT molecular complexity index is 555. The molecular formula is C12H11N3O2. The number of aryl methyl sites for hydroxylation is 1. The fourth-order valence-electron chi connectivity index (χ4n) is 1.42. The molecule has 0 aliphatic heterocycles. The maximum Gasteiger partial charge on any atom is 0.357 e. The van der Waals surface area contributed by atoms with E-state index >= 15 is 0 Å². The van der Waals surface area contributed by atoms with Gasteiger partial charge in [0.2, 0.25) is 0 Å². The lowest BCUT2D eigenvalue weighted by Gasteiger charge is -2.05. The molecule has 0 aliphatic rings. The Morgan fingerprint density at radius 3 is 2.76 bits per heavy atom. The number of methoxy groups -OCH3 is 1. The quantitative estimate of drug-likeness (QED) is 0.732. The van der Waals surface area contributed by atoms with Crippen LogP contribution in [0.5, 0.6) is 0 Å². The van der Waals surface area contributed by atoms with Gasteiger partial charge in [-0.3, -0.25) is 0 Å². The molecule has 0 radical (unpaired) electrons. The van der Waals surface area contributed by atoms with Crippen LogP contribution in [0, 0.1) is 6.92 Å². The normalized spacial score (nSPS) is 10.0. The number of carbonyl (C=O) groups is 1. The molecule has 17 heavy (non-hydrogen) atoms. The summed E-state index contributed by atoms with van der Waals surface area (Å²) in [5, 5.41) is 0. The number of esters is 1. The molecule has 0 saturated heterocycles. The maximum absolute atomic E-state index is 11.6. The van der Waals surface area contributed by atoms with Crippen LogP contribution in [0.15, 0.2) is 30.6 Å². The van der Waals surface area contributed by atoms with E-state index in [4.69, 9.17) is 0 Å².